The van der Waals surface area contributed by atoms with Gasteiger partial charge < -0.3 is 4.90 Å². The van der Waals surface area contributed by atoms with E-state index in [2.05, 4.69) is 29.1 Å². The molecular weight excluding hydrogens is 324 g/mol. The van der Waals surface area contributed by atoms with E-state index in [9.17, 15) is 4.79 Å². The monoisotopic (exact) mass is 348 g/mol. The van der Waals surface area contributed by atoms with Gasteiger partial charge in [0.2, 0.25) is 5.91 Å². The number of rotatable bonds is 7. The molecule has 26 heavy (non-hydrogen) atoms. The lowest BCUT2D eigenvalue weighted by Gasteiger charge is -2.24. The molecule has 0 N–H and O–H groups in total. The molecule has 0 radical (unpaired) electrons. The molecule has 5 heteroatoms. The van der Waals surface area contributed by atoms with Crippen molar-refractivity contribution in [2.24, 2.45) is 0 Å². The number of hydrogen-bond acceptors (Lipinski definition) is 3. The molecule has 0 fully saturated rings. The Morgan fingerprint density at radius 3 is 2.62 bits per heavy atom. The predicted octanol–water partition coefficient (Wildman–Crippen LogP) is 3.51. The maximum absolute atomic E-state index is 12.9. The van der Waals surface area contributed by atoms with E-state index in [1.165, 1.54) is 11.1 Å². The molecule has 0 aliphatic heterocycles. The number of nitrogens with zero attached hydrogens (tertiary/aromatic N) is 4. The summed E-state index contributed by atoms with van der Waals surface area (Å²) in [6.07, 6.45) is 7.75. The number of hydrogen-bond donors (Lipinski definition) is 0. The van der Waals surface area contributed by atoms with Crippen LogP contribution in [0.4, 0.5) is 0 Å². The van der Waals surface area contributed by atoms with Crippen LogP contribution in [0.1, 0.15) is 28.7 Å². The first-order valence-electron chi connectivity index (χ1n) is 8.82. The highest BCUT2D eigenvalue weighted by atomic mass is 16.2. The van der Waals surface area contributed by atoms with Crippen LogP contribution in [0.25, 0.3) is 0 Å². The minimum atomic E-state index is 0.116. The first-order valence-corrected chi connectivity index (χ1v) is 8.82. The second-order valence-corrected chi connectivity index (χ2v) is 6.57. The zero-order valence-electron chi connectivity index (χ0n) is 15.3. The SMILES string of the molecule is Cc1cnn(CCC(=O)N(Cc2cccnc2)Cc2ccccc2C)c1. The van der Waals surface area contributed by atoms with Gasteiger partial charge in [0.1, 0.15) is 0 Å². The minimum absolute atomic E-state index is 0.116. The number of aryl methyl sites for hydroxylation is 3. The van der Waals surface area contributed by atoms with Gasteiger partial charge in [0, 0.05) is 44.6 Å². The fraction of sp³-hybridized carbons (Fsp3) is 0.286. The van der Waals surface area contributed by atoms with Crippen molar-refractivity contribution in [1.29, 1.82) is 0 Å². The fourth-order valence-electron chi connectivity index (χ4n) is 2.89. The van der Waals surface area contributed by atoms with Crippen LogP contribution < -0.4 is 0 Å². The Balaban J connectivity index is 1.72. The molecule has 5 nitrogen and oxygen atoms in total. The Morgan fingerprint density at radius 1 is 1.08 bits per heavy atom. The van der Waals surface area contributed by atoms with Crippen molar-refractivity contribution in [1.82, 2.24) is 19.7 Å². The number of carbonyl (C=O) groups is 1. The fourth-order valence-corrected chi connectivity index (χ4v) is 2.89. The van der Waals surface area contributed by atoms with E-state index in [1.54, 1.807) is 6.20 Å². The molecule has 0 aliphatic rings. The normalized spacial score (nSPS) is 10.7. The number of benzene rings is 1. The zero-order valence-corrected chi connectivity index (χ0v) is 15.3. The van der Waals surface area contributed by atoms with E-state index in [0.29, 0.717) is 26.1 Å². The summed E-state index contributed by atoms with van der Waals surface area (Å²) in [5, 5.41) is 4.27. The van der Waals surface area contributed by atoms with Crippen LogP contribution in [0, 0.1) is 13.8 Å². The molecule has 0 unspecified atom stereocenters. The number of pyridine rings is 1. The van der Waals surface area contributed by atoms with E-state index in [0.717, 1.165) is 11.1 Å². The summed E-state index contributed by atoms with van der Waals surface area (Å²) < 4.78 is 1.82. The second kappa shape index (κ2) is 8.43. The molecule has 0 atom stereocenters. The lowest BCUT2D eigenvalue weighted by molar-refractivity contribution is -0.132. The van der Waals surface area contributed by atoms with Crippen LogP contribution in [-0.4, -0.2) is 25.6 Å². The van der Waals surface area contributed by atoms with Crippen LogP contribution in [0.3, 0.4) is 0 Å². The van der Waals surface area contributed by atoms with Gasteiger partial charge in [0.15, 0.2) is 0 Å². The highest BCUT2D eigenvalue weighted by molar-refractivity contribution is 5.76. The average molecular weight is 348 g/mol. The third-order valence-corrected chi connectivity index (χ3v) is 4.39. The Bertz CT molecular complexity index is 857. The van der Waals surface area contributed by atoms with E-state index < -0.39 is 0 Å². The number of aromatic nitrogens is 3. The summed E-state index contributed by atoms with van der Waals surface area (Å²) in [6.45, 7) is 5.81. The quantitative estimate of drug-likeness (QED) is 0.656. The number of carbonyl (C=O) groups excluding carboxylic acids is 1. The summed E-state index contributed by atoms with van der Waals surface area (Å²) in [6, 6.07) is 12.1. The largest absolute Gasteiger partial charge is 0.334 e. The highest BCUT2D eigenvalue weighted by Gasteiger charge is 2.16. The average Bonchev–Trinajstić information content (AvgIpc) is 3.07. The summed E-state index contributed by atoms with van der Waals surface area (Å²) >= 11 is 0. The Labute approximate surface area is 154 Å². The van der Waals surface area contributed by atoms with Gasteiger partial charge in [0.05, 0.1) is 6.20 Å². The third kappa shape index (κ3) is 4.79. The first kappa shape index (κ1) is 17.9. The smallest absolute Gasteiger partial charge is 0.225 e. The molecule has 0 aliphatic carbocycles. The van der Waals surface area contributed by atoms with Gasteiger partial charge in [-0.1, -0.05) is 30.3 Å². The van der Waals surface area contributed by atoms with Gasteiger partial charge in [-0.2, -0.15) is 5.10 Å². The summed E-state index contributed by atoms with van der Waals surface area (Å²) in [4.78, 5) is 19.0. The second-order valence-electron chi connectivity index (χ2n) is 6.57. The van der Waals surface area contributed by atoms with Crippen molar-refractivity contribution in [3.05, 3.63) is 83.4 Å². The molecular formula is C21H24N4O. The van der Waals surface area contributed by atoms with Gasteiger partial charge in [-0.25, -0.2) is 0 Å². The van der Waals surface area contributed by atoms with Crippen molar-refractivity contribution in [2.45, 2.75) is 39.9 Å². The van der Waals surface area contributed by atoms with Gasteiger partial charge >= 0.3 is 0 Å². The van der Waals surface area contributed by atoms with E-state index >= 15 is 0 Å². The van der Waals surface area contributed by atoms with Crippen molar-refractivity contribution >= 4 is 5.91 Å². The third-order valence-electron chi connectivity index (χ3n) is 4.39. The standard InChI is InChI=1S/C21H24N4O/c1-17-12-23-25(14-17)11-9-21(26)24(15-19-7-5-10-22-13-19)16-20-8-4-3-6-18(20)2/h3-8,10,12-14H,9,11,15-16H2,1-2H3. The maximum Gasteiger partial charge on any atom is 0.225 e. The Kier molecular flexibility index (Phi) is 5.79. The van der Waals surface area contributed by atoms with E-state index in [-0.39, 0.29) is 5.91 Å². The molecule has 0 saturated carbocycles. The summed E-state index contributed by atoms with van der Waals surface area (Å²) in [7, 11) is 0. The molecule has 2 heterocycles. The first-order chi connectivity index (χ1) is 12.6. The molecule has 0 bridgehead atoms. The lowest BCUT2D eigenvalue weighted by atomic mass is 10.1. The Morgan fingerprint density at radius 2 is 1.92 bits per heavy atom. The Hall–Kier alpha value is -2.95. The molecule has 1 aromatic carbocycles. The molecule has 1 amide bonds. The number of amides is 1. The van der Waals surface area contributed by atoms with Crippen molar-refractivity contribution in [2.75, 3.05) is 0 Å². The topological polar surface area (TPSA) is 51.0 Å². The van der Waals surface area contributed by atoms with E-state index in [1.807, 2.05) is 59.4 Å². The molecule has 3 aromatic rings. The van der Waals surface area contributed by atoms with Crippen LogP contribution >= 0.6 is 0 Å². The van der Waals surface area contributed by atoms with Crippen LogP contribution in [-0.2, 0) is 24.4 Å². The van der Waals surface area contributed by atoms with Crippen LogP contribution in [0.2, 0.25) is 0 Å². The molecule has 0 saturated heterocycles. The van der Waals surface area contributed by atoms with Gasteiger partial charge in [-0.15, -0.1) is 0 Å². The van der Waals surface area contributed by atoms with Gasteiger partial charge in [-0.05, 0) is 42.2 Å². The maximum atomic E-state index is 12.9. The lowest BCUT2D eigenvalue weighted by Crippen LogP contribution is -2.31. The zero-order chi connectivity index (χ0) is 18.4. The molecule has 3 rings (SSSR count). The van der Waals surface area contributed by atoms with Crippen molar-refractivity contribution in [3.63, 3.8) is 0 Å². The van der Waals surface area contributed by atoms with Gasteiger partial charge in [0.25, 0.3) is 0 Å². The molecule has 0 spiro atoms. The highest BCUT2D eigenvalue weighted by Crippen LogP contribution is 2.14. The predicted molar refractivity (Wildman–Crippen MR) is 101 cm³/mol. The van der Waals surface area contributed by atoms with Crippen LogP contribution in [0.5, 0.6) is 0 Å². The summed E-state index contributed by atoms with van der Waals surface area (Å²) in [5.41, 5.74) is 4.49. The summed E-state index contributed by atoms with van der Waals surface area (Å²) in [5.74, 6) is 0.116. The van der Waals surface area contributed by atoms with Crippen LogP contribution in [0.15, 0.2) is 61.2 Å². The molecule has 2 aromatic heterocycles. The van der Waals surface area contributed by atoms with Gasteiger partial charge in [-0.3, -0.25) is 14.5 Å². The van der Waals surface area contributed by atoms with Crippen molar-refractivity contribution < 1.29 is 4.79 Å². The molecule has 134 valence electrons. The van der Waals surface area contributed by atoms with Crippen molar-refractivity contribution in [3.8, 4) is 0 Å². The minimum Gasteiger partial charge on any atom is -0.334 e. The van der Waals surface area contributed by atoms with E-state index in [4.69, 9.17) is 0 Å².